The lowest BCUT2D eigenvalue weighted by molar-refractivity contribution is -0.929. The van der Waals surface area contributed by atoms with Gasteiger partial charge in [-0.3, -0.25) is 0 Å². The van der Waals surface area contributed by atoms with Crippen LogP contribution in [-0.2, 0) is 0 Å². The van der Waals surface area contributed by atoms with E-state index in [1.165, 1.54) is 19.3 Å². The summed E-state index contributed by atoms with van der Waals surface area (Å²) in [4.78, 5) is 0. The van der Waals surface area contributed by atoms with Crippen molar-refractivity contribution in [3.05, 3.63) is 0 Å². The van der Waals surface area contributed by atoms with Crippen LogP contribution in [0.1, 0.15) is 32.6 Å². The van der Waals surface area contributed by atoms with Crippen molar-refractivity contribution in [1.29, 1.82) is 0 Å². The molecule has 4 nitrogen and oxygen atoms in total. The first-order valence-corrected chi connectivity index (χ1v) is 6.42. The quantitative estimate of drug-likeness (QED) is 0.289. The molecule has 17 heavy (non-hydrogen) atoms. The molecule has 0 aromatic carbocycles. The van der Waals surface area contributed by atoms with Gasteiger partial charge in [0.1, 0.15) is 19.6 Å². The third kappa shape index (κ3) is 8.97. The molecule has 0 aliphatic carbocycles. The Morgan fingerprint density at radius 2 is 1.18 bits per heavy atom. The second kappa shape index (κ2) is 12.8. The van der Waals surface area contributed by atoms with Gasteiger partial charge in [0.05, 0.1) is 26.4 Å². The standard InChI is InChI=1S/C12H28NO3.BrH/c1-2-3-4-5-6-13(7-10-14,8-11-15)9-12-16;/h14-16H,2-12H2,1H3;1H/q+1;/p-1. The Labute approximate surface area is 116 Å². The largest absolute Gasteiger partial charge is 1.00 e. The zero-order valence-electron chi connectivity index (χ0n) is 10.9. The van der Waals surface area contributed by atoms with E-state index in [9.17, 15) is 0 Å². The van der Waals surface area contributed by atoms with E-state index in [4.69, 9.17) is 15.3 Å². The van der Waals surface area contributed by atoms with Crippen molar-refractivity contribution in [1.82, 2.24) is 0 Å². The lowest BCUT2D eigenvalue weighted by atomic mass is 10.1. The molecule has 0 unspecified atom stereocenters. The van der Waals surface area contributed by atoms with Gasteiger partial charge in [-0.15, -0.1) is 0 Å². The number of hydrogen-bond donors (Lipinski definition) is 3. The van der Waals surface area contributed by atoms with Crippen molar-refractivity contribution in [3.8, 4) is 0 Å². The highest BCUT2D eigenvalue weighted by atomic mass is 79.9. The molecule has 0 saturated carbocycles. The Hall–Kier alpha value is 0.320. The summed E-state index contributed by atoms with van der Waals surface area (Å²) < 4.78 is 0.646. The van der Waals surface area contributed by atoms with Crippen LogP contribution < -0.4 is 17.0 Å². The van der Waals surface area contributed by atoms with Crippen LogP contribution in [0.2, 0.25) is 0 Å². The fraction of sp³-hybridized carbons (Fsp3) is 1.00. The van der Waals surface area contributed by atoms with Gasteiger partial charge in [0.15, 0.2) is 0 Å². The van der Waals surface area contributed by atoms with Gasteiger partial charge in [-0.05, 0) is 12.8 Å². The van der Waals surface area contributed by atoms with E-state index >= 15 is 0 Å². The number of unbranched alkanes of at least 4 members (excludes halogenated alkanes) is 3. The molecule has 0 atom stereocenters. The van der Waals surface area contributed by atoms with Crippen LogP contribution in [0.15, 0.2) is 0 Å². The average Bonchev–Trinajstić information content (AvgIpc) is 2.26. The number of aliphatic hydroxyl groups excluding tert-OH is 3. The Morgan fingerprint density at radius 1 is 0.706 bits per heavy atom. The first-order valence-electron chi connectivity index (χ1n) is 6.42. The average molecular weight is 314 g/mol. The molecule has 0 amide bonds. The maximum absolute atomic E-state index is 9.08. The van der Waals surface area contributed by atoms with E-state index in [0.29, 0.717) is 24.1 Å². The van der Waals surface area contributed by atoms with Crippen LogP contribution in [0.25, 0.3) is 0 Å². The van der Waals surface area contributed by atoms with Crippen LogP contribution in [0.3, 0.4) is 0 Å². The molecule has 0 heterocycles. The van der Waals surface area contributed by atoms with Gasteiger partial charge in [-0.2, -0.15) is 0 Å². The molecular weight excluding hydrogens is 286 g/mol. The molecule has 0 radical (unpaired) electrons. The number of halogens is 1. The minimum Gasteiger partial charge on any atom is -1.00 e. The first-order chi connectivity index (χ1) is 7.74. The van der Waals surface area contributed by atoms with Crippen molar-refractivity contribution in [2.45, 2.75) is 32.6 Å². The predicted octanol–water partition coefficient (Wildman–Crippen LogP) is -2.64. The monoisotopic (exact) mass is 313 g/mol. The van der Waals surface area contributed by atoms with Crippen LogP contribution in [0, 0.1) is 0 Å². The molecule has 3 N–H and O–H groups in total. The zero-order chi connectivity index (χ0) is 12.3. The molecule has 0 saturated heterocycles. The molecule has 106 valence electrons. The molecule has 0 spiro atoms. The van der Waals surface area contributed by atoms with Gasteiger partial charge in [-0.1, -0.05) is 19.8 Å². The highest BCUT2D eigenvalue weighted by molar-refractivity contribution is 4.47. The van der Waals surface area contributed by atoms with E-state index in [1.807, 2.05) is 0 Å². The Balaban J connectivity index is 0. The van der Waals surface area contributed by atoms with Crippen molar-refractivity contribution >= 4 is 0 Å². The number of rotatable bonds is 11. The molecule has 0 aliphatic rings. The second-order valence-corrected chi connectivity index (χ2v) is 4.47. The van der Waals surface area contributed by atoms with Crippen LogP contribution in [0.5, 0.6) is 0 Å². The van der Waals surface area contributed by atoms with Crippen LogP contribution in [-0.4, -0.2) is 65.8 Å². The van der Waals surface area contributed by atoms with E-state index in [1.54, 1.807) is 0 Å². The maximum Gasteiger partial charge on any atom is 0.102 e. The highest BCUT2D eigenvalue weighted by Crippen LogP contribution is 2.10. The molecular formula is C12H28BrNO3. The number of hydrogen-bond acceptors (Lipinski definition) is 3. The molecule has 5 heteroatoms. The number of quaternary nitrogens is 1. The normalized spacial score (nSPS) is 11.3. The van der Waals surface area contributed by atoms with Crippen molar-refractivity contribution in [2.24, 2.45) is 0 Å². The minimum absolute atomic E-state index is 0. The lowest BCUT2D eigenvalue weighted by Crippen LogP contribution is -3.00. The Kier molecular flexibility index (Phi) is 14.8. The third-order valence-electron chi connectivity index (χ3n) is 3.21. The van der Waals surface area contributed by atoms with Gasteiger partial charge < -0.3 is 36.8 Å². The van der Waals surface area contributed by atoms with Crippen molar-refractivity contribution in [2.75, 3.05) is 46.0 Å². The number of aliphatic hydroxyl groups is 3. The lowest BCUT2D eigenvalue weighted by Gasteiger charge is -2.37. The van der Waals surface area contributed by atoms with Crippen LogP contribution >= 0.6 is 0 Å². The third-order valence-corrected chi connectivity index (χ3v) is 3.21. The summed E-state index contributed by atoms with van der Waals surface area (Å²) in [6.45, 7) is 5.38. The van der Waals surface area contributed by atoms with E-state index in [0.717, 1.165) is 13.0 Å². The second-order valence-electron chi connectivity index (χ2n) is 4.47. The first kappa shape index (κ1) is 19.7. The van der Waals surface area contributed by atoms with E-state index in [2.05, 4.69) is 6.92 Å². The van der Waals surface area contributed by atoms with Gasteiger partial charge >= 0.3 is 0 Å². The summed E-state index contributed by atoms with van der Waals surface area (Å²) in [6, 6.07) is 0. The van der Waals surface area contributed by atoms with Crippen LogP contribution in [0.4, 0.5) is 0 Å². The van der Waals surface area contributed by atoms with Gasteiger partial charge in [0, 0.05) is 0 Å². The highest BCUT2D eigenvalue weighted by Gasteiger charge is 2.24. The van der Waals surface area contributed by atoms with Gasteiger partial charge in [-0.25, -0.2) is 0 Å². The van der Waals surface area contributed by atoms with Crippen molar-refractivity contribution in [3.63, 3.8) is 0 Å². The molecule has 0 aromatic heterocycles. The van der Waals surface area contributed by atoms with E-state index < -0.39 is 0 Å². The summed E-state index contributed by atoms with van der Waals surface area (Å²) in [6.07, 6.45) is 4.74. The van der Waals surface area contributed by atoms with E-state index in [-0.39, 0.29) is 36.8 Å². The smallest absolute Gasteiger partial charge is 0.102 e. The van der Waals surface area contributed by atoms with Crippen molar-refractivity contribution < 1.29 is 36.8 Å². The number of nitrogens with zero attached hydrogens (tertiary/aromatic N) is 1. The molecule has 0 bridgehead atoms. The molecule has 0 fully saturated rings. The topological polar surface area (TPSA) is 60.7 Å². The summed E-state index contributed by atoms with van der Waals surface area (Å²) in [5, 5.41) is 27.2. The summed E-state index contributed by atoms with van der Waals surface area (Å²) in [5.74, 6) is 0. The summed E-state index contributed by atoms with van der Waals surface area (Å²) in [5.41, 5.74) is 0. The Morgan fingerprint density at radius 3 is 1.53 bits per heavy atom. The summed E-state index contributed by atoms with van der Waals surface area (Å²) in [7, 11) is 0. The fourth-order valence-corrected chi connectivity index (χ4v) is 2.18. The maximum atomic E-state index is 9.08. The fourth-order valence-electron chi connectivity index (χ4n) is 2.18. The molecule has 0 rings (SSSR count). The minimum atomic E-state index is 0. The molecule has 0 aliphatic heterocycles. The SMILES string of the molecule is CCCCCC[N+](CCO)(CCO)CCO.[Br-]. The van der Waals surface area contributed by atoms with Gasteiger partial charge in [0.25, 0.3) is 0 Å². The Bertz CT molecular complexity index is 142. The summed E-state index contributed by atoms with van der Waals surface area (Å²) >= 11 is 0. The predicted molar refractivity (Wildman–Crippen MR) is 65.1 cm³/mol. The zero-order valence-corrected chi connectivity index (χ0v) is 12.5. The van der Waals surface area contributed by atoms with Gasteiger partial charge in [0.2, 0.25) is 0 Å². The molecule has 0 aromatic rings.